The van der Waals surface area contributed by atoms with Crippen molar-refractivity contribution in [2.45, 2.75) is 49.4 Å². The van der Waals surface area contributed by atoms with Gasteiger partial charge in [0.1, 0.15) is 36.8 Å². The highest BCUT2D eigenvalue weighted by Crippen LogP contribution is 2.61. The van der Waals surface area contributed by atoms with Crippen LogP contribution in [0.2, 0.25) is 0 Å². The number of aromatic nitrogens is 8. The fourth-order valence-corrected chi connectivity index (χ4v) is 7.49. The van der Waals surface area contributed by atoms with E-state index in [0.717, 1.165) is 7.11 Å². The molecule has 45 heavy (non-hydrogen) atoms. The predicted molar refractivity (Wildman–Crippen MR) is 148 cm³/mol. The van der Waals surface area contributed by atoms with Crippen molar-refractivity contribution in [2.24, 2.45) is 0 Å². The highest BCUT2D eigenvalue weighted by atomic mass is 31.2. The van der Waals surface area contributed by atoms with Crippen molar-refractivity contribution >= 4 is 50.1 Å². The van der Waals surface area contributed by atoms with Crippen molar-refractivity contribution in [1.82, 2.24) is 39.0 Å². The van der Waals surface area contributed by atoms with Crippen molar-refractivity contribution in [3.05, 3.63) is 29.3 Å². The van der Waals surface area contributed by atoms with Crippen LogP contribution >= 0.6 is 16.0 Å². The summed E-state index contributed by atoms with van der Waals surface area (Å²) in [4.78, 5) is 57.0. The van der Waals surface area contributed by atoms with E-state index in [4.69, 9.17) is 43.6 Å². The minimum Gasteiger partial charge on any atom is -0.386 e. The zero-order valence-corrected chi connectivity index (χ0v) is 24.9. The summed E-state index contributed by atoms with van der Waals surface area (Å²) in [6.07, 6.45) is -4.96. The number of rotatable bonds is 3. The van der Waals surface area contributed by atoms with Gasteiger partial charge >= 0.3 is 16.0 Å². The molecule has 7 rings (SSSR count). The largest absolute Gasteiger partial charge is 0.572 e. The van der Waals surface area contributed by atoms with Gasteiger partial charge in [-0.2, -0.15) is 18.9 Å². The number of H-pyrrole nitrogens is 1. The number of anilines is 2. The van der Waals surface area contributed by atoms with Gasteiger partial charge in [0.05, 0.1) is 32.5 Å². The van der Waals surface area contributed by atoms with E-state index in [9.17, 15) is 24.3 Å². The first kappa shape index (κ1) is 30.4. The normalized spacial score (nSPS) is 36.0. The molecule has 3 aliphatic heterocycles. The van der Waals surface area contributed by atoms with Crippen molar-refractivity contribution in [3.63, 3.8) is 0 Å². The minimum atomic E-state index is -4.89. The first-order valence-electron chi connectivity index (χ1n) is 13.3. The molecular weight excluding hydrogens is 646 g/mol. The fraction of sp³-hybridized carbons (Fsp3) is 0.524. The third kappa shape index (κ3) is 5.47. The van der Waals surface area contributed by atoms with Gasteiger partial charge in [0.15, 0.2) is 41.2 Å². The average Bonchev–Trinajstić information content (AvgIpc) is 3.76. The lowest BCUT2D eigenvalue weighted by atomic mass is 10.1. The molecule has 0 amide bonds. The Hall–Kier alpha value is -3.24. The average molecular weight is 673 g/mol. The summed E-state index contributed by atoms with van der Waals surface area (Å²) in [5, 5.41) is 11.2. The van der Waals surface area contributed by atoms with Crippen LogP contribution in [0.15, 0.2) is 23.8 Å². The van der Waals surface area contributed by atoms with Gasteiger partial charge < -0.3 is 30.9 Å². The second-order valence-electron chi connectivity index (χ2n) is 10.2. The summed E-state index contributed by atoms with van der Waals surface area (Å²) in [6, 6.07) is 0. The number of fused-ring (bicyclic) bond motifs is 5. The number of imidazole rings is 2. The Bertz CT molecular complexity index is 1860. The molecule has 3 fully saturated rings. The van der Waals surface area contributed by atoms with E-state index in [-0.39, 0.29) is 40.5 Å². The van der Waals surface area contributed by atoms with Crippen LogP contribution < -0.4 is 17.0 Å². The second-order valence-corrected chi connectivity index (χ2v) is 13.4. The third-order valence-corrected chi connectivity index (χ3v) is 9.88. The van der Waals surface area contributed by atoms with Crippen LogP contribution in [0.5, 0.6) is 0 Å². The maximum atomic E-state index is 13.1. The molecule has 0 aliphatic carbocycles. The molecule has 3 saturated heterocycles. The van der Waals surface area contributed by atoms with E-state index in [1.807, 2.05) is 0 Å². The van der Waals surface area contributed by atoms with E-state index >= 15 is 0 Å². The van der Waals surface area contributed by atoms with Crippen molar-refractivity contribution < 1.29 is 51.6 Å². The third-order valence-electron chi connectivity index (χ3n) is 7.42. The zero-order chi connectivity index (χ0) is 31.7. The number of nitrogens with two attached hydrogens (primary N) is 2. The quantitative estimate of drug-likeness (QED) is 0.141. The number of aromatic amines is 1. The Morgan fingerprint density at radius 1 is 1.07 bits per heavy atom. The van der Waals surface area contributed by atoms with Gasteiger partial charge in [-0.15, -0.1) is 4.52 Å². The molecule has 0 aromatic carbocycles. The van der Waals surface area contributed by atoms with Crippen molar-refractivity contribution in [1.29, 1.82) is 0 Å². The predicted octanol–water partition coefficient (Wildman–Crippen LogP) is -1.10. The molecule has 9 atom stereocenters. The number of hydrogen-bond acceptors (Lipinski definition) is 18. The first-order chi connectivity index (χ1) is 21.4. The summed E-state index contributed by atoms with van der Waals surface area (Å²) in [5.41, 5.74) is 11.5. The van der Waals surface area contributed by atoms with E-state index in [2.05, 4.69) is 29.9 Å². The summed E-state index contributed by atoms with van der Waals surface area (Å²) in [6.45, 7) is -1.04. The Labute approximate surface area is 251 Å². The molecule has 24 heteroatoms. The lowest BCUT2D eigenvalue weighted by Gasteiger charge is -2.25. The van der Waals surface area contributed by atoms with Crippen LogP contribution in [-0.4, -0.2) is 105 Å². The van der Waals surface area contributed by atoms with Crippen LogP contribution in [-0.2, 0) is 36.7 Å². The van der Waals surface area contributed by atoms with Crippen molar-refractivity contribution in [3.8, 4) is 0 Å². The first-order valence-corrected chi connectivity index (χ1v) is 16.2. The Morgan fingerprint density at radius 2 is 1.82 bits per heavy atom. The van der Waals surface area contributed by atoms with Crippen molar-refractivity contribution in [2.75, 3.05) is 31.8 Å². The van der Waals surface area contributed by atoms with Crippen LogP contribution in [0.1, 0.15) is 18.9 Å². The van der Waals surface area contributed by atoms with Crippen LogP contribution in [0.3, 0.4) is 0 Å². The topological polar surface area (TPSA) is 302 Å². The highest BCUT2D eigenvalue weighted by Gasteiger charge is 2.56. The minimum absolute atomic E-state index is 0.00914. The summed E-state index contributed by atoms with van der Waals surface area (Å²) >= 11 is 0. The molecule has 4 aromatic heterocycles. The molecule has 0 spiro atoms. The molecule has 8 N–H and O–H groups in total. The number of aliphatic hydroxyl groups is 1. The number of nitrogens with one attached hydrogen (secondary N) is 1. The van der Waals surface area contributed by atoms with Gasteiger partial charge in [-0.1, -0.05) is 0 Å². The summed E-state index contributed by atoms with van der Waals surface area (Å²) in [7, 11) is -7.91. The molecule has 7 heterocycles. The van der Waals surface area contributed by atoms with E-state index in [1.165, 1.54) is 28.1 Å². The number of phosphoric ester groups is 1. The fourth-order valence-electron chi connectivity index (χ4n) is 5.39. The smallest absolute Gasteiger partial charge is 0.386 e. The lowest BCUT2D eigenvalue weighted by molar-refractivity contribution is -0.0732. The Morgan fingerprint density at radius 3 is 2.60 bits per heavy atom. The number of ether oxygens (including phenoxy) is 2. The van der Waals surface area contributed by atoms with Gasteiger partial charge in [-0.25, -0.2) is 24.5 Å². The monoisotopic (exact) mass is 673 g/mol. The van der Waals surface area contributed by atoms with Gasteiger partial charge in [0, 0.05) is 6.42 Å². The zero-order valence-electron chi connectivity index (χ0n) is 23.1. The number of nitrogen functional groups attached to an aromatic ring is 2. The molecule has 22 nitrogen and oxygen atoms in total. The van der Waals surface area contributed by atoms with E-state index < -0.39 is 77.7 Å². The lowest BCUT2D eigenvalue weighted by Crippen LogP contribution is -2.36. The van der Waals surface area contributed by atoms with Gasteiger partial charge in [0.25, 0.3) is 5.56 Å². The van der Waals surface area contributed by atoms with Gasteiger partial charge in [-0.05, 0) is 0 Å². The molecule has 9 unspecified atom stereocenters. The molecule has 2 bridgehead atoms. The van der Waals surface area contributed by atoms with Crippen LogP contribution in [0.4, 0.5) is 11.8 Å². The molecule has 4 aromatic rings. The molecule has 0 saturated carbocycles. The number of phosphoric acid groups is 1. The van der Waals surface area contributed by atoms with Crippen LogP contribution in [0, 0.1) is 0 Å². The Kier molecular flexibility index (Phi) is 7.59. The molecular formula is C21H27N10O12P2+. The maximum absolute atomic E-state index is 13.1. The number of nitrogens with zero attached hydrogens (tertiary/aromatic N) is 7. The van der Waals surface area contributed by atoms with E-state index in [1.54, 1.807) is 0 Å². The second kappa shape index (κ2) is 11.2. The van der Waals surface area contributed by atoms with Gasteiger partial charge in [-0.3, -0.25) is 28.0 Å². The number of aliphatic hydroxyl groups excluding tert-OH is 1. The standard InChI is InChI=1S/C21H26N10O12P2/c1-37-45(36)39-4-10-14(13(32)20(41-10)30-6-26-11-15(22)24-5-25-16(11)30)43-44(34,35)38-3-8-2-9(42-45)19(40-8)31-7-27-12-17(31)28-21(23)29-18(12)33/h5-10,13-14,19-20,32,36H,2-4H2,1H3,(H5-,22,23,24,25,28,29,33,34,35)/p+1. The maximum Gasteiger partial charge on any atom is 0.572 e. The molecule has 3 aliphatic rings. The molecule has 242 valence electrons. The molecule has 0 radical (unpaired) electrons. The Balaban J connectivity index is 1.20. The van der Waals surface area contributed by atoms with Crippen LogP contribution in [0.25, 0.3) is 22.3 Å². The van der Waals surface area contributed by atoms with E-state index in [0.29, 0.717) is 0 Å². The van der Waals surface area contributed by atoms with Gasteiger partial charge in [0.2, 0.25) is 5.95 Å². The SMILES string of the molecule is CO[P+]1(O)OCC2OC(n3cnc4c(N)ncnc43)C(O)C2OP(=O)(O)OCC2CC(O1)C(n1cnc3c(=O)[nH]c(N)nc31)O2. The highest BCUT2D eigenvalue weighted by molar-refractivity contribution is 7.55. The number of hydrogen-bond donors (Lipinski definition) is 6. The summed E-state index contributed by atoms with van der Waals surface area (Å²) < 4.78 is 55.4. The summed E-state index contributed by atoms with van der Waals surface area (Å²) in [5.74, 6) is -0.0980.